The number of benzene rings is 1. The second kappa shape index (κ2) is 5.29. The molecule has 0 saturated carbocycles. The minimum Gasteiger partial charge on any atom is -0.397 e. The number of nitrogens with two attached hydrogens (primary N) is 2. The summed E-state index contributed by atoms with van der Waals surface area (Å²) < 4.78 is 0. The van der Waals surface area contributed by atoms with Crippen LogP contribution in [0.3, 0.4) is 0 Å². The molecule has 0 unspecified atom stereocenters. The second-order valence-corrected chi connectivity index (χ2v) is 5.01. The Hall–Kier alpha value is -1.72. The van der Waals surface area contributed by atoms with Crippen molar-refractivity contribution in [2.45, 2.75) is 9.92 Å². The smallest absolute Gasteiger partial charge is 0.267 e. The highest BCUT2D eigenvalue weighted by Gasteiger charge is 2.08. The molecular formula is C12H10ClN3OS. The SMILES string of the molecule is NC(=O)c1ccc(N)c(Sc2ccc(Cl)cc2)n1. The number of hydrogen-bond donors (Lipinski definition) is 2. The molecule has 0 atom stereocenters. The number of primary amides is 1. The predicted octanol–water partition coefficient (Wildman–Crippen LogP) is 2.57. The average molecular weight is 280 g/mol. The summed E-state index contributed by atoms with van der Waals surface area (Å²) in [5.41, 5.74) is 11.7. The van der Waals surface area contributed by atoms with E-state index >= 15 is 0 Å². The van der Waals surface area contributed by atoms with Crippen LogP contribution in [0.4, 0.5) is 5.69 Å². The minimum atomic E-state index is -0.576. The summed E-state index contributed by atoms with van der Waals surface area (Å²) in [5.74, 6) is -0.576. The van der Waals surface area contributed by atoms with Crippen LogP contribution >= 0.6 is 23.4 Å². The highest BCUT2D eigenvalue weighted by atomic mass is 35.5. The van der Waals surface area contributed by atoms with Gasteiger partial charge in [0.2, 0.25) is 0 Å². The van der Waals surface area contributed by atoms with Gasteiger partial charge in [0.1, 0.15) is 10.7 Å². The normalized spacial score (nSPS) is 10.3. The number of hydrogen-bond acceptors (Lipinski definition) is 4. The van der Waals surface area contributed by atoms with Gasteiger partial charge in [-0.3, -0.25) is 4.79 Å². The highest BCUT2D eigenvalue weighted by Crippen LogP contribution is 2.31. The summed E-state index contributed by atoms with van der Waals surface area (Å²) in [6, 6.07) is 10.4. The van der Waals surface area contributed by atoms with E-state index in [0.29, 0.717) is 15.7 Å². The number of amides is 1. The summed E-state index contributed by atoms with van der Waals surface area (Å²) >= 11 is 7.15. The molecule has 0 aliphatic carbocycles. The Kier molecular flexibility index (Phi) is 3.74. The van der Waals surface area contributed by atoms with Crippen molar-refractivity contribution >= 4 is 35.0 Å². The number of nitrogens with zero attached hydrogens (tertiary/aromatic N) is 1. The van der Waals surface area contributed by atoms with Crippen molar-refractivity contribution in [2.24, 2.45) is 5.73 Å². The van der Waals surface area contributed by atoms with Gasteiger partial charge in [-0.25, -0.2) is 4.98 Å². The zero-order valence-electron chi connectivity index (χ0n) is 9.26. The van der Waals surface area contributed by atoms with E-state index in [0.717, 1.165) is 4.90 Å². The van der Waals surface area contributed by atoms with E-state index in [-0.39, 0.29) is 5.69 Å². The molecule has 0 bridgehead atoms. The lowest BCUT2D eigenvalue weighted by Gasteiger charge is -2.05. The first-order chi connectivity index (χ1) is 8.56. The third-order valence-corrected chi connectivity index (χ3v) is 3.45. The first-order valence-corrected chi connectivity index (χ1v) is 6.25. The van der Waals surface area contributed by atoms with Crippen LogP contribution in [0.1, 0.15) is 10.5 Å². The predicted molar refractivity (Wildman–Crippen MR) is 72.7 cm³/mol. The van der Waals surface area contributed by atoms with E-state index in [1.165, 1.54) is 17.8 Å². The zero-order valence-corrected chi connectivity index (χ0v) is 10.8. The number of halogens is 1. The van der Waals surface area contributed by atoms with Gasteiger partial charge in [0, 0.05) is 9.92 Å². The number of carbonyl (C=O) groups excluding carboxylic acids is 1. The average Bonchev–Trinajstić information content (AvgIpc) is 2.34. The molecule has 4 nitrogen and oxygen atoms in total. The van der Waals surface area contributed by atoms with Gasteiger partial charge in [0.25, 0.3) is 5.91 Å². The first-order valence-electron chi connectivity index (χ1n) is 5.06. The van der Waals surface area contributed by atoms with E-state index in [1.807, 2.05) is 12.1 Å². The topological polar surface area (TPSA) is 82.0 Å². The van der Waals surface area contributed by atoms with Crippen molar-refractivity contribution in [2.75, 3.05) is 5.73 Å². The number of pyridine rings is 1. The van der Waals surface area contributed by atoms with Crippen molar-refractivity contribution in [1.82, 2.24) is 4.98 Å². The van der Waals surface area contributed by atoms with Gasteiger partial charge < -0.3 is 11.5 Å². The van der Waals surface area contributed by atoms with Crippen LogP contribution < -0.4 is 11.5 Å². The van der Waals surface area contributed by atoms with Gasteiger partial charge in [0.15, 0.2) is 0 Å². The lowest BCUT2D eigenvalue weighted by molar-refractivity contribution is 0.0995. The van der Waals surface area contributed by atoms with E-state index < -0.39 is 5.91 Å². The number of carbonyl (C=O) groups is 1. The van der Waals surface area contributed by atoms with Gasteiger partial charge >= 0.3 is 0 Å². The third-order valence-electron chi connectivity index (χ3n) is 2.17. The van der Waals surface area contributed by atoms with E-state index in [2.05, 4.69) is 4.98 Å². The lowest BCUT2D eigenvalue weighted by Crippen LogP contribution is -2.13. The summed E-state index contributed by atoms with van der Waals surface area (Å²) in [6.07, 6.45) is 0. The van der Waals surface area contributed by atoms with E-state index in [4.69, 9.17) is 23.1 Å². The molecular weight excluding hydrogens is 270 g/mol. The quantitative estimate of drug-likeness (QED) is 0.905. The summed E-state index contributed by atoms with van der Waals surface area (Å²) in [4.78, 5) is 16.1. The Morgan fingerprint density at radius 2 is 1.83 bits per heavy atom. The monoisotopic (exact) mass is 279 g/mol. The summed E-state index contributed by atoms with van der Waals surface area (Å²) in [7, 11) is 0. The van der Waals surface area contributed by atoms with Crippen LogP contribution in [0.25, 0.3) is 0 Å². The molecule has 1 amide bonds. The summed E-state index contributed by atoms with van der Waals surface area (Å²) in [6.45, 7) is 0. The molecule has 2 rings (SSSR count). The maximum Gasteiger partial charge on any atom is 0.267 e. The third kappa shape index (κ3) is 2.94. The molecule has 0 radical (unpaired) electrons. The van der Waals surface area contributed by atoms with Crippen LogP contribution in [0, 0.1) is 0 Å². The van der Waals surface area contributed by atoms with Crippen LogP contribution in [0.15, 0.2) is 46.3 Å². The largest absolute Gasteiger partial charge is 0.397 e. The Bertz CT molecular complexity index is 586. The van der Waals surface area contributed by atoms with Gasteiger partial charge in [0.05, 0.1) is 5.69 Å². The maximum absolute atomic E-state index is 11.1. The molecule has 92 valence electrons. The van der Waals surface area contributed by atoms with Crippen LogP contribution in [0.2, 0.25) is 5.02 Å². The number of anilines is 1. The van der Waals surface area contributed by atoms with Crippen molar-refractivity contribution in [3.8, 4) is 0 Å². The molecule has 1 aromatic carbocycles. The van der Waals surface area contributed by atoms with Gasteiger partial charge in [-0.1, -0.05) is 23.4 Å². The van der Waals surface area contributed by atoms with Crippen LogP contribution in [0.5, 0.6) is 0 Å². The zero-order chi connectivity index (χ0) is 13.1. The standard InChI is InChI=1S/C12H10ClN3OS/c13-7-1-3-8(4-2-7)18-12-9(14)5-6-10(16-12)11(15)17/h1-6H,14H2,(H2,15,17). The molecule has 0 aliphatic heterocycles. The fourth-order valence-electron chi connectivity index (χ4n) is 1.28. The van der Waals surface area contributed by atoms with Crippen molar-refractivity contribution in [3.05, 3.63) is 47.1 Å². The molecule has 1 aromatic heterocycles. The van der Waals surface area contributed by atoms with Crippen molar-refractivity contribution < 1.29 is 4.79 Å². The first kappa shape index (κ1) is 12.7. The lowest BCUT2D eigenvalue weighted by atomic mass is 10.3. The Morgan fingerprint density at radius 3 is 2.44 bits per heavy atom. The van der Waals surface area contributed by atoms with Crippen LogP contribution in [-0.2, 0) is 0 Å². The second-order valence-electron chi connectivity index (χ2n) is 3.51. The van der Waals surface area contributed by atoms with Gasteiger partial charge in [-0.15, -0.1) is 0 Å². The molecule has 0 spiro atoms. The molecule has 2 aromatic rings. The highest BCUT2D eigenvalue weighted by molar-refractivity contribution is 7.99. The Balaban J connectivity index is 2.30. The Labute approximate surface area is 113 Å². The van der Waals surface area contributed by atoms with Crippen LogP contribution in [-0.4, -0.2) is 10.9 Å². The number of aromatic nitrogens is 1. The van der Waals surface area contributed by atoms with E-state index in [1.54, 1.807) is 18.2 Å². The van der Waals surface area contributed by atoms with E-state index in [9.17, 15) is 4.79 Å². The maximum atomic E-state index is 11.1. The van der Waals surface area contributed by atoms with Crippen molar-refractivity contribution in [1.29, 1.82) is 0 Å². The van der Waals surface area contributed by atoms with Gasteiger partial charge in [-0.05, 0) is 36.4 Å². The molecule has 0 aliphatic rings. The minimum absolute atomic E-state index is 0.195. The molecule has 18 heavy (non-hydrogen) atoms. The number of rotatable bonds is 3. The molecule has 0 saturated heterocycles. The number of nitrogen functional groups attached to an aromatic ring is 1. The molecule has 4 N–H and O–H groups in total. The fourth-order valence-corrected chi connectivity index (χ4v) is 2.24. The summed E-state index contributed by atoms with van der Waals surface area (Å²) in [5, 5.41) is 1.21. The van der Waals surface area contributed by atoms with Gasteiger partial charge in [-0.2, -0.15) is 0 Å². The molecule has 0 fully saturated rings. The molecule has 1 heterocycles. The molecule has 6 heteroatoms. The van der Waals surface area contributed by atoms with Crippen molar-refractivity contribution in [3.63, 3.8) is 0 Å². The fraction of sp³-hybridized carbons (Fsp3) is 0. The Morgan fingerprint density at radius 1 is 1.17 bits per heavy atom.